The molecular formula is C12H19BrN2O2S. The number of aryl methyl sites for hydroxylation is 1. The van der Waals surface area contributed by atoms with Crippen LogP contribution in [0.3, 0.4) is 0 Å². The van der Waals surface area contributed by atoms with Gasteiger partial charge < -0.3 is 0 Å². The number of unbranched alkanes of at least 4 members (excludes halogenated alkanes) is 2. The highest BCUT2D eigenvalue weighted by Gasteiger charge is 2.09. The van der Waals surface area contributed by atoms with Gasteiger partial charge in [-0.3, -0.25) is 4.98 Å². The van der Waals surface area contributed by atoms with E-state index in [1.165, 1.54) is 0 Å². The Morgan fingerprint density at radius 3 is 2.56 bits per heavy atom. The molecule has 0 radical (unpaired) electrons. The zero-order valence-corrected chi connectivity index (χ0v) is 12.7. The summed E-state index contributed by atoms with van der Waals surface area (Å²) < 4.78 is 26.0. The van der Waals surface area contributed by atoms with Gasteiger partial charge in [0.1, 0.15) is 0 Å². The fourth-order valence-corrected chi connectivity index (χ4v) is 3.00. The predicted molar refractivity (Wildman–Crippen MR) is 77.4 cm³/mol. The minimum absolute atomic E-state index is 0.134. The largest absolute Gasteiger partial charge is 0.265 e. The molecule has 0 aliphatic carbocycles. The van der Waals surface area contributed by atoms with Gasteiger partial charge in [0.15, 0.2) is 0 Å². The Bertz CT molecular complexity index is 423. The van der Waals surface area contributed by atoms with Crippen LogP contribution in [0.1, 0.15) is 24.8 Å². The van der Waals surface area contributed by atoms with E-state index < -0.39 is 10.0 Å². The van der Waals surface area contributed by atoms with E-state index in [0.29, 0.717) is 13.0 Å². The van der Waals surface area contributed by atoms with E-state index in [9.17, 15) is 8.42 Å². The average Bonchev–Trinajstić information content (AvgIpc) is 2.38. The van der Waals surface area contributed by atoms with Gasteiger partial charge in [-0.25, -0.2) is 13.1 Å². The van der Waals surface area contributed by atoms with Crippen LogP contribution in [0.15, 0.2) is 24.5 Å². The Kier molecular flexibility index (Phi) is 7.46. The van der Waals surface area contributed by atoms with E-state index in [1.54, 1.807) is 12.4 Å². The molecule has 0 saturated carbocycles. The molecule has 0 aliphatic heterocycles. The van der Waals surface area contributed by atoms with Crippen molar-refractivity contribution in [2.45, 2.75) is 25.7 Å². The number of pyridine rings is 1. The van der Waals surface area contributed by atoms with Crippen molar-refractivity contribution in [3.63, 3.8) is 0 Å². The van der Waals surface area contributed by atoms with Gasteiger partial charge in [0.25, 0.3) is 0 Å². The van der Waals surface area contributed by atoms with Crippen LogP contribution in [-0.2, 0) is 16.4 Å². The van der Waals surface area contributed by atoms with Crippen molar-refractivity contribution in [2.24, 2.45) is 0 Å². The van der Waals surface area contributed by atoms with E-state index in [4.69, 9.17) is 0 Å². The first-order valence-corrected chi connectivity index (χ1v) is 8.83. The number of nitrogens with zero attached hydrogens (tertiary/aromatic N) is 1. The molecule has 1 aromatic heterocycles. The molecule has 6 heteroatoms. The van der Waals surface area contributed by atoms with Crippen molar-refractivity contribution in [2.75, 3.05) is 17.6 Å². The van der Waals surface area contributed by atoms with Gasteiger partial charge in [-0.15, -0.1) is 0 Å². The van der Waals surface area contributed by atoms with E-state index in [2.05, 4.69) is 25.6 Å². The number of hydrogen-bond acceptors (Lipinski definition) is 3. The maximum absolute atomic E-state index is 11.7. The lowest BCUT2D eigenvalue weighted by Crippen LogP contribution is -2.28. The standard InChI is InChI=1S/C12H19BrN2O2S/c13-7-2-1-3-8-15-18(16,17)11-6-12-4-9-14-10-5-12/h4-5,9-10,15H,1-3,6-8,11H2. The Hall–Kier alpha value is -0.460. The molecule has 4 nitrogen and oxygen atoms in total. The molecule has 0 spiro atoms. The molecular weight excluding hydrogens is 316 g/mol. The van der Waals surface area contributed by atoms with Crippen LogP contribution in [0.4, 0.5) is 0 Å². The van der Waals surface area contributed by atoms with Gasteiger partial charge in [-0.05, 0) is 37.0 Å². The third kappa shape index (κ3) is 7.08. The summed E-state index contributed by atoms with van der Waals surface area (Å²) in [6.07, 6.45) is 6.89. The molecule has 0 bridgehead atoms. The maximum Gasteiger partial charge on any atom is 0.211 e. The monoisotopic (exact) mass is 334 g/mol. The van der Waals surface area contributed by atoms with Crippen LogP contribution in [0.25, 0.3) is 0 Å². The normalized spacial score (nSPS) is 11.6. The average molecular weight is 335 g/mol. The summed E-state index contributed by atoms with van der Waals surface area (Å²) in [5.41, 5.74) is 0.995. The molecule has 1 aromatic rings. The molecule has 1 rings (SSSR count). The molecule has 0 unspecified atom stereocenters. The Morgan fingerprint density at radius 2 is 1.89 bits per heavy atom. The minimum Gasteiger partial charge on any atom is -0.265 e. The van der Waals surface area contributed by atoms with E-state index in [0.717, 1.165) is 30.2 Å². The molecule has 18 heavy (non-hydrogen) atoms. The number of rotatable bonds is 9. The summed E-state index contributed by atoms with van der Waals surface area (Å²) in [4.78, 5) is 3.90. The van der Waals surface area contributed by atoms with Gasteiger partial charge >= 0.3 is 0 Å². The molecule has 1 heterocycles. The van der Waals surface area contributed by atoms with Crippen LogP contribution >= 0.6 is 15.9 Å². The molecule has 0 fully saturated rings. The summed E-state index contributed by atoms with van der Waals surface area (Å²) >= 11 is 3.35. The quantitative estimate of drug-likeness (QED) is 0.555. The van der Waals surface area contributed by atoms with Crippen molar-refractivity contribution in [3.8, 4) is 0 Å². The zero-order chi connectivity index (χ0) is 13.3. The lowest BCUT2D eigenvalue weighted by molar-refractivity contribution is 0.575. The number of hydrogen-bond donors (Lipinski definition) is 1. The van der Waals surface area contributed by atoms with Crippen LogP contribution in [0.2, 0.25) is 0 Å². The number of sulfonamides is 1. The second kappa shape index (κ2) is 8.61. The molecule has 0 atom stereocenters. The number of alkyl halides is 1. The Morgan fingerprint density at radius 1 is 1.17 bits per heavy atom. The smallest absolute Gasteiger partial charge is 0.211 e. The third-order valence-electron chi connectivity index (χ3n) is 2.54. The SMILES string of the molecule is O=S(=O)(CCc1ccncc1)NCCCCCBr. The van der Waals surface area contributed by atoms with Crippen molar-refractivity contribution in [1.82, 2.24) is 9.71 Å². The highest BCUT2D eigenvalue weighted by atomic mass is 79.9. The highest BCUT2D eigenvalue weighted by molar-refractivity contribution is 9.09. The molecule has 1 N–H and O–H groups in total. The lowest BCUT2D eigenvalue weighted by Gasteiger charge is -2.06. The summed E-state index contributed by atoms with van der Waals surface area (Å²) in [6, 6.07) is 3.68. The Labute approximate surface area is 117 Å². The lowest BCUT2D eigenvalue weighted by atomic mass is 10.2. The van der Waals surface area contributed by atoms with Gasteiger partial charge in [0.2, 0.25) is 10.0 Å². The van der Waals surface area contributed by atoms with Crippen LogP contribution in [0, 0.1) is 0 Å². The van der Waals surface area contributed by atoms with E-state index in [1.807, 2.05) is 12.1 Å². The zero-order valence-electron chi connectivity index (χ0n) is 10.3. The van der Waals surface area contributed by atoms with Crippen LogP contribution in [0.5, 0.6) is 0 Å². The number of halogens is 1. The minimum atomic E-state index is -3.15. The highest BCUT2D eigenvalue weighted by Crippen LogP contribution is 2.01. The molecule has 0 aromatic carbocycles. The second-order valence-corrected chi connectivity index (χ2v) is 6.79. The van der Waals surface area contributed by atoms with Gasteiger partial charge in [0, 0.05) is 24.3 Å². The van der Waals surface area contributed by atoms with Crippen LogP contribution < -0.4 is 4.72 Å². The van der Waals surface area contributed by atoms with Crippen LogP contribution in [-0.4, -0.2) is 31.0 Å². The molecule has 0 saturated heterocycles. The number of nitrogens with one attached hydrogen (secondary N) is 1. The summed E-state index contributed by atoms with van der Waals surface area (Å²) in [5.74, 6) is 0.134. The second-order valence-electron chi connectivity index (χ2n) is 4.07. The van der Waals surface area contributed by atoms with Gasteiger partial charge in [0.05, 0.1) is 5.75 Å². The van der Waals surface area contributed by atoms with E-state index >= 15 is 0 Å². The van der Waals surface area contributed by atoms with Gasteiger partial charge in [-0.1, -0.05) is 22.4 Å². The molecule has 0 aliphatic rings. The van der Waals surface area contributed by atoms with Crippen molar-refractivity contribution in [3.05, 3.63) is 30.1 Å². The fourth-order valence-electron chi connectivity index (χ4n) is 1.50. The number of aromatic nitrogens is 1. The molecule has 0 amide bonds. The Balaban J connectivity index is 2.23. The van der Waals surface area contributed by atoms with Gasteiger partial charge in [-0.2, -0.15) is 0 Å². The van der Waals surface area contributed by atoms with Crippen molar-refractivity contribution >= 4 is 26.0 Å². The topological polar surface area (TPSA) is 59.1 Å². The first kappa shape index (κ1) is 15.6. The van der Waals surface area contributed by atoms with Crippen molar-refractivity contribution < 1.29 is 8.42 Å². The molecule has 102 valence electrons. The van der Waals surface area contributed by atoms with Crippen molar-refractivity contribution in [1.29, 1.82) is 0 Å². The first-order chi connectivity index (χ1) is 8.64. The summed E-state index contributed by atoms with van der Waals surface area (Å²) in [7, 11) is -3.15. The first-order valence-electron chi connectivity index (χ1n) is 6.06. The predicted octanol–water partition coefficient (Wildman–Crippen LogP) is 2.11. The van der Waals surface area contributed by atoms with E-state index in [-0.39, 0.29) is 5.75 Å². The maximum atomic E-state index is 11.7. The fraction of sp³-hybridized carbons (Fsp3) is 0.583. The third-order valence-corrected chi connectivity index (χ3v) is 4.49. The summed E-state index contributed by atoms with van der Waals surface area (Å²) in [5, 5.41) is 0.974. The summed E-state index contributed by atoms with van der Waals surface area (Å²) in [6.45, 7) is 0.533.